The molecule has 0 spiro atoms. The zero-order chi connectivity index (χ0) is 10.5. The maximum Gasteiger partial charge on any atom is -0.00348 e. The summed E-state index contributed by atoms with van der Waals surface area (Å²) < 4.78 is 0. The summed E-state index contributed by atoms with van der Waals surface area (Å²) >= 11 is 0. The molecule has 3 rings (SSSR count). The lowest BCUT2D eigenvalue weighted by molar-refractivity contribution is 0.447. The first-order valence-corrected chi connectivity index (χ1v) is 5.65. The van der Waals surface area contributed by atoms with Crippen molar-refractivity contribution in [3.63, 3.8) is 0 Å². The van der Waals surface area contributed by atoms with Crippen molar-refractivity contribution in [2.75, 3.05) is 0 Å². The van der Waals surface area contributed by atoms with Crippen molar-refractivity contribution in [1.29, 1.82) is 0 Å². The Bertz CT molecular complexity index is 462. The third kappa shape index (κ3) is 1.21. The smallest absolute Gasteiger partial charge is 0.00348 e. The van der Waals surface area contributed by atoms with E-state index in [1.165, 1.54) is 18.4 Å². The molecule has 0 aliphatic heterocycles. The van der Waals surface area contributed by atoms with E-state index in [0.717, 1.165) is 0 Å². The Hall–Kier alpha value is -1.30. The van der Waals surface area contributed by atoms with E-state index in [0.29, 0.717) is 5.41 Å². The molecule has 1 atom stereocenters. The van der Waals surface area contributed by atoms with Crippen molar-refractivity contribution in [3.05, 3.63) is 53.1 Å². The standard InChI is InChI=1S/C15H16/c1-11-8-13-9-15(11,2)10-14(13)12-6-4-3-5-7-12/h3-8H,9-10H2,1-2H3. The van der Waals surface area contributed by atoms with Gasteiger partial charge in [-0.25, -0.2) is 0 Å². The van der Waals surface area contributed by atoms with Gasteiger partial charge in [0.05, 0.1) is 0 Å². The van der Waals surface area contributed by atoms with Gasteiger partial charge in [0.15, 0.2) is 0 Å². The van der Waals surface area contributed by atoms with Crippen molar-refractivity contribution in [2.45, 2.75) is 26.7 Å². The Kier molecular flexibility index (Phi) is 1.70. The van der Waals surface area contributed by atoms with Crippen LogP contribution >= 0.6 is 0 Å². The maximum atomic E-state index is 2.39. The molecule has 0 N–H and O–H groups in total. The van der Waals surface area contributed by atoms with Crippen LogP contribution in [0.15, 0.2) is 47.6 Å². The molecule has 15 heavy (non-hydrogen) atoms. The summed E-state index contributed by atoms with van der Waals surface area (Å²) in [4.78, 5) is 0. The van der Waals surface area contributed by atoms with Crippen molar-refractivity contribution in [3.8, 4) is 0 Å². The van der Waals surface area contributed by atoms with E-state index < -0.39 is 0 Å². The van der Waals surface area contributed by atoms with Gasteiger partial charge in [-0.05, 0) is 41.9 Å². The predicted octanol–water partition coefficient (Wildman–Crippen LogP) is 4.20. The van der Waals surface area contributed by atoms with Crippen LogP contribution in [0.3, 0.4) is 0 Å². The molecule has 2 aliphatic carbocycles. The first-order chi connectivity index (χ1) is 7.19. The lowest BCUT2D eigenvalue weighted by Crippen LogP contribution is -2.11. The van der Waals surface area contributed by atoms with Crippen LogP contribution in [0.4, 0.5) is 0 Å². The average Bonchev–Trinajstić information content (AvgIpc) is 2.71. The van der Waals surface area contributed by atoms with Gasteiger partial charge in [-0.1, -0.05) is 48.9 Å². The molecular formula is C15H16. The topological polar surface area (TPSA) is 0 Å². The average molecular weight is 196 g/mol. The van der Waals surface area contributed by atoms with Gasteiger partial charge in [-0.15, -0.1) is 0 Å². The van der Waals surface area contributed by atoms with Crippen LogP contribution < -0.4 is 0 Å². The zero-order valence-electron chi connectivity index (χ0n) is 9.38. The Labute approximate surface area is 91.3 Å². The molecule has 0 saturated heterocycles. The number of hydrogen-bond acceptors (Lipinski definition) is 0. The highest BCUT2D eigenvalue weighted by molar-refractivity contribution is 5.77. The predicted molar refractivity (Wildman–Crippen MR) is 64.5 cm³/mol. The summed E-state index contributed by atoms with van der Waals surface area (Å²) in [5.41, 5.74) is 6.56. The maximum absolute atomic E-state index is 2.39. The van der Waals surface area contributed by atoms with Gasteiger partial charge < -0.3 is 0 Å². The van der Waals surface area contributed by atoms with E-state index in [9.17, 15) is 0 Å². The third-order valence-corrected chi connectivity index (χ3v) is 4.00. The van der Waals surface area contributed by atoms with Crippen LogP contribution in [0.5, 0.6) is 0 Å². The number of rotatable bonds is 1. The van der Waals surface area contributed by atoms with Crippen LogP contribution in [-0.2, 0) is 0 Å². The fourth-order valence-electron chi connectivity index (χ4n) is 2.87. The molecule has 0 fully saturated rings. The van der Waals surface area contributed by atoms with Crippen LogP contribution in [0, 0.1) is 5.41 Å². The van der Waals surface area contributed by atoms with E-state index in [1.54, 1.807) is 16.7 Å². The Balaban J connectivity index is 2.09. The van der Waals surface area contributed by atoms with Crippen LogP contribution in [0.1, 0.15) is 32.3 Å². The summed E-state index contributed by atoms with van der Waals surface area (Å²) in [7, 11) is 0. The minimum Gasteiger partial charge on any atom is -0.0665 e. The largest absolute Gasteiger partial charge is 0.0665 e. The molecular weight excluding hydrogens is 180 g/mol. The molecule has 1 unspecified atom stereocenters. The van der Waals surface area contributed by atoms with E-state index in [2.05, 4.69) is 50.3 Å². The van der Waals surface area contributed by atoms with Gasteiger partial charge in [0.1, 0.15) is 0 Å². The molecule has 2 aliphatic rings. The van der Waals surface area contributed by atoms with Crippen molar-refractivity contribution in [1.82, 2.24) is 0 Å². The third-order valence-electron chi connectivity index (χ3n) is 4.00. The van der Waals surface area contributed by atoms with Gasteiger partial charge in [-0.3, -0.25) is 0 Å². The Morgan fingerprint density at radius 1 is 1.07 bits per heavy atom. The Morgan fingerprint density at radius 2 is 1.80 bits per heavy atom. The fourth-order valence-corrected chi connectivity index (χ4v) is 2.87. The first-order valence-electron chi connectivity index (χ1n) is 5.65. The molecule has 0 nitrogen and oxygen atoms in total. The van der Waals surface area contributed by atoms with Crippen LogP contribution in [0.2, 0.25) is 0 Å². The lowest BCUT2D eigenvalue weighted by Gasteiger charge is -2.23. The molecule has 1 aromatic carbocycles. The van der Waals surface area contributed by atoms with E-state index in [-0.39, 0.29) is 0 Å². The molecule has 0 aromatic heterocycles. The van der Waals surface area contributed by atoms with E-state index in [1.807, 2.05) is 0 Å². The quantitative estimate of drug-likeness (QED) is 0.631. The van der Waals surface area contributed by atoms with Crippen molar-refractivity contribution in [2.24, 2.45) is 5.41 Å². The highest BCUT2D eigenvalue weighted by Crippen LogP contribution is 2.55. The van der Waals surface area contributed by atoms with Crippen molar-refractivity contribution < 1.29 is 0 Å². The minimum absolute atomic E-state index is 0.431. The molecule has 76 valence electrons. The molecule has 0 amide bonds. The molecule has 0 heterocycles. The number of allylic oxidation sites excluding steroid dienone is 4. The summed E-state index contributed by atoms with van der Waals surface area (Å²) in [5, 5.41) is 0. The number of benzene rings is 1. The van der Waals surface area contributed by atoms with Gasteiger partial charge in [0, 0.05) is 0 Å². The van der Waals surface area contributed by atoms with Gasteiger partial charge in [0.25, 0.3) is 0 Å². The summed E-state index contributed by atoms with van der Waals surface area (Å²) in [5.74, 6) is 0. The van der Waals surface area contributed by atoms with Gasteiger partial charge >= 0.3 is 0 Å². The summed E-state index contributed by atoms with van der Waals surface area (Å²) in [6.45, 7) is 4.66. The molecule has 1 aromatic rings. The second-order valence-electron chi connectivity index (χ2n) is 5.11. The van der Waals surface area contributed by atoms with Crippen LogP contribution in [-0.4, -0.2) is 0 Å². The van der Waals surface area contributed by atoms with Crippen LogP contribution in [0.25, 0.3) is 5.57 Å². The second-order valence-corrected chi connectivity index (χ2v) is 5.11. The lowest BCUT2D eigenvalue weighted by atomic mass is 9.80. The van der Waals surface area contributed by atoms with Crippen molar-refractivity contribution >= 4 is 5.57 Å². The monoisotopic (exact) mass is 196 g/mol. The molecule has 0 radical (unpaired) electrons. The molecule has 0 saturated carbocycles. The summed E-state index contributed by atoms with van der Waals surface area (Å²) in [6, 6.07) is 10.8. The molecule has 0 heteroatoms. The first kappa shape index (κ1) is 8.96. The highest BCUT2D eigenvalue weighted by atomic mass is 14.4. The molecule has 2 bridgehead atoms. The Morgan fingerprint density at radius 3 is 2.33 bits per heavy atom. The second kappa shape index (κ2) is 2.85. The summed E-state index contributed by atoms with van der Waals surface area (Å²) in [6.07, 6.45) is 4.88. The number of fused-ring (bicyclic) bond motifs is 2. The van der Waals surface area contributed by atoms with Gasteiger partial charge in [0.2, 0.25) is 0 Å². The normalized spacial score (nSPS) is 28.5. The highest BCUT2D eigenvalue weighted by Gasteiger charge is 2.40. The van der Waals surface area contributed by atoms with E-state index in [4.69, 9.17) is 0 Å². The minimum atomic E-state index is 0.431. The zero-order valence-corrected chi connectivity index (χ0v) is 9.38. The fraction of sp³-hybridized carbons (Fsp3) is 0.333. The SMILES string of the molecule is CC1=CC2=C(c3ccccc3)CC1(C)C2. The van der Waals surface area contributed by atoms with E-state index >= 15 is 0 Å². The number of hydrogen-bond donors (Lipinski definition) is 0. The van der Waals surface area contributed by atoms with Gasteiger partial charge in [-0.2, -0.15) is 0 Å².